The highest BCUT2D eigenvalue weighted by molar-refractivity contribution is 5.91. The Morgan fingerprint density at radius 2 is 2.36 bits per heavy atom. The maximum Gasteiger partial charge on any atom is 0.145 e. The van der Waals surface area contributed by atoms with Gasteiger partial charge in [0.1, 0.15) is 17.2 Å². The predicted octanol–water partition coefficient (Wildman–Crippen LogP) is 3.85. The number of hydrogen-bond donors (Lipinski definition) is 1. The first-order valence-corrected chi connectivity index (χ1v) is 8.06. The van der Waals surface area contributed by atoms with Crippen molar-refractivity contribution in [3.8, 4) is 11.4 Å². The van der Waals surface area contributed by atoms with E-state index in [0.717, 1.165) is 41.1 Å². The van der Waals surface area contributed by atoms with Crippen molar-refractivity contribution in [1.82, 2.24) is 14.9 Å². The van der Waals surface area contributed by atoms with Crippen molar-refractivity contribution in [3.63, 3.8) is 0 Å². The second-order valence-electron chi connectivity index (χ2n) is 6.15. The Kier molecular flexibility index (Phi) is 3.47. The zero-order valence-electron chi connectivity index (χ0n) is 12.9. The lowest BCUT2D eigenvalue weighted by Gasteiger charge is -2.19. The van der Waals surface area contributed by atoms with Gasteiger partial charge >= 0.3 is 0 Å². The summed E-state index contributed by atoms with van der Waals surface area (Å²) in [4.78, 5) is 10.1. The number of imidazole rings is 1. The molecule has 0 saturated carbocycles. The minimum absolute atomic E-state index is 0.711. The number of nitrogens with zero attached hydrogens (tertiary/aromatic N) is 2. The van der Waals surface area contributed by atoms with E-state index in [9.17, 15) is 0 Å². The van der Waals surface area contributed by atoms with Crippen LogP contribution in [0.15, 0.2) is 41.1 Å². The number of rotatable bonds is 4. The summed E-state index contributed by atoms with van der Waals surface area (Å²) in [7, 11) is 0. The van der Waals surface area contributed by atoms with Crippen molar-refractivity contribution in [1.29, 1.82) is 0 Å². The Hall–Kier alpha value is -2.07. The minimum Gasteiger partial charge on any atom is -0.460 e. The zero-order valence-corrected chi connectivity index (χ0v) is 12.9. The molecule has 0 bridgehead atoms. The Morgan fingerprint density at radius 1 is 1.41 bits per heavy atom. The van der Waals surface area contributed by atoms with E-state index >= 15 is 0 Å². The number of benzene rings is 1. The van der Waals surface area contributed by atoms with Crippen molar-refractivity contribution in [2.75, 3.05) is 13.1 Å². The van der Waals surface area contributed by atoms with Gasteiger partial charge in [-0.05, 0) is 38.4 Å². The molecule has 1 aromatic carbocycles. The molecule has 114 valence electrons. The van der Waals surface area contributed by atoms with E-state index < -0.39 is 0 Å². The van der Waals surface area contributed by atoms with E-state index in [1.165, 1.54) is 19.4 Å². The minimum atomic E-state index is 0.711. The molecule has 4 nitrogen and oxygen atoms in total. The van der Waals surface area contributed by atoms with Crippen LogP contribution in [0, 0.1) is 0 Å². The lowest BCUT2D eigenvalue weighted by atomic mass is 10.1. The Balaban J connectivity index is 1.59. The first-order chi connectivity index (χ1) is 10.8. The number of aromatic nitrogens is 2. The van der Waals surface area contributed by atoms with Crippen LogP contribution in [0.4, 0.5) is 0 Å². The SMILES string of the molecule is CC1CCCN1CCc1cc2cccc(-c3ncc[nH]3)c2o1. The lowest BCUT2D eigenvalue weighted by molar-refractivity contribution is 0.266. The van der Waals surface area contributed by atoms with Crippen LogP contribution >= 0.6 is 0 Å². The third-order valence-corrected chi connectivity index (χ3v) is 4.68. The molecule has 0 amide bonds. The molecule has 2 aromatic heterocycles. The van der Waals surface area contributed by atoms with Gasteiger partial charge in [-0.25, -0.2) is 4.98 Å². The zero-order chi connectivity index (χ0) is 14.9. The highest BCUT2D eigenvalue weighted by Gasteiger charge is 2.20. The first-order valence-electron chi connectivity index (χ1n) is 8.06. The molecular weight excluding hydrogens is 274 g/mol. The van der Waals surface area contributed by atoms with Crippen LogP contribution in [0.2, 0.25) is 0 Å². The van der Waals surface area contributed by atoms with Gasteiger partial charge in [0.05, 0.1) is 5.56 Å². The van der Waals surface area contributed by atoms with Crippen LogP contribution in [0.5, 0.6) is 0 Å². The molecule has 0 aliphatic carbocycles. The summed E-state index contributed by atoms with van der Waals surface area (Å²) in [5, 5.41) is 1.15. The van der Waals surface area contributed by atoms with E-state index in [2.05, 4.69) is 46.1 Å². The Morgan fingerprint density at radius 3 is 3.14 bits per heavy atom. The molecule has 1 aliphatic heterocycles. The number of hydrogen-bond acceptors (Lipinski definition) is 3. The summed E-state index contributed by atoms with van der Waals surface area (Å²) in [6.07, 6.45) is 7.23. The van der Waals surface area contributed by atoms with Gasteiger partial charge in [-0.2, -0.15) is 0 Å². The highest BCUT2D eigenvalue weighted by atomic mass is 16.3. The fourth-order valence-electron chi connectivity index (χ4n) is 3.42. The van der Waals surface area contributed by atoms with E-state index in [-0.39, 0.29) is 0 Å². The third-order valence-electron chi connectivity index (χ3n) is 4.68. The van der Waals surface area contributed by atoms with Crippen molar-refractivity contribution < 1.29 is 4.42 Å². The van der Waals surface area contributed by atoms with Gasteiger partial charge in [-0.1, -0.05) is 12.1 Å². The van der Waals surface area contributed by atoms with Gasteiger partial charge in [0.15, 0.2) is 0 Å². The summed E-state index contributed by atoms with van der Waals surface area (Å²) >= 11 is 0. The van der Waals surface area contributed by atoms with Gasteiger partial charge in [0.25, 0.3) is 0 Å². The molecule has 1 N–H and O–H groups in total. The topological polar surface area (TPSA) is 45.1 Å². The molecule has 4 heteroatoms. The fourth-order valence-corrected chi connectivity index (χ4v) is 3.42. The van der Waals surface area contributed by atoms with Crippen molar-refractivity contribution in [3.05, 3.63) is 42.4 Å². The normalized spacial score (nSPS) is 19.2. The summed E-state index contributed by atoms with van der Waals surface area (Å²) in [6, 6.07) is 9.09. The molecule has 1 saturated heterocycles. The largest absolute Gasteiger partial charge is 0.460 e. The molecule has 4 rings (SSSR count). The second kappa shape index (κ2) is 5.61. The van der Waals surface area contributed by atoms with Crippen molar-refractivity contribution >= 4 is 11.0 Å². The first kappa shape index (κ1) is 13.6. The van der Waals surface area contributed by atoms with Crippen LogP contribution < -0.4 is 0 Å². The van der Waals surface area contributed by atoms with E-state index in [0.29, 0.717) is 6.04 Å². The fraction of sp³-hybridized carbons (Fsp3) is 0.389. The van der Waals surface area contributed by atoms with Crippen LogP contribution in [0.3, 0.4) is 0 Å². The van der Waals surface area contributed by atoms with Crippen LogP contribution in [0.25, 0.3) is 22.4 Å². The smallest absolute Gasteiger partial charge is 0.145 e. The van der Waals surface area contributed by atoms with Crippen LogP contribution in [-0.2, 0) is 6.42 Å². The Bertz CT molecular complexity index is 760. The molecule has 1 fully saturated rings. The third kappa shape index (κ3) is 2.44. The number of furan rings is 1. The van der Waals surface area contributed by atoms with Gasteiger partial charge < -0.3 is 14.3 Å². The monoisotopic (exact) mass is 295 g/mol. The standard InChI is InChI=1S/C18H21N3O/c1-13-4-3-10-21(13)11-7-15-12-14-5-2-6-16(17(14)22-15)18-19-8-9-20-18/h2,5-6,8-9,12-13H,3-4,7,10-11H2,1H3,(H,19,20). The number of aromatic amines is 1. The highest BCUT2D eigenvalue weighted by Crippen LogP contribution is 2.29. The quantitative estimate of drug-likeness (QED) is 0.795. The van der Waals surface area contributed by atoms with Gasteiger partial charge in [-0.3, -0.25) is 0 Å². The maximum atomic E-state index is 6.13. The molecule has 3 aromatic rings. The number of H-pyrrole nitrogens is 1. The number of para-hydroxylation sites is 1. The molecule has 1 unspecified atom stereocenters. The molecule has 1 aliphatic rings. The van der Waals surface area contributed by atoms with E-state index in [4.69, 9.17) is 4.42 Å². The summed E-state index contributed by atoms with van der Waals surface area (Å²) < 4.78 is 6.13. The number of likely N-dealkylation sites (tertiary alicyclic amines) is 1. The molecule has 3 heterocycles. The maximum absolute atomic E-state index is 6.13. The Labute approximate surface area is 130 Å². The van der Waals surface area contributed by atoms with Crippen LogP contribution in [-0.4, -0.2) is 34.0 Å². The lowest BCUT2D eigenvalue weighted by Crippen LogP contribution is -2.28. The predicted molar refractivity (Wildman–Crippen MR) is 87.8 cm³/mol. The number of fused-ring (bicyclic) bond motifs is 1. The average molecular weight is 295 g/mol. The average Bonchev–Trinajstić information content (AvgIpc) is 3.25. The van der Waals surface area contributed by atoms with E-state index in [1.807, 2.05) is 6.20 Å². The molecule has 0 radical (unpaired) electrons. The molecule has 22 heavy (non-hydrogen) atoms. The van der Waals surface area contributed by atoms with Crippen LogP contribution in [0.1, 0.15) is 25.5 Å². The van der Waals surface area contributed by atoms with Gasteiger partial charge in [-0.15, -0.1) is 0 Å². The summed E-state index contributed by atoms with van der Waals surface area (Å²) in [5.41, 5.74) is 1.96. The van der Waals surface area contributed by atoms with Gasteiger partial charge in [0.2, 0.25) is 0 Å². The second-order valence-corrected chi connectivity index (χ2v) is 6.15. The van der Waals surface area contributed by atoms with Gasteiger partial charge in [0, 0.05) is 36.8 Å². The molecule has 1 atom stereocenters. The van der Waals surface area contributed by atoms with Crippen molar-refractivity contribution in [2.45, 2.75) is 32.2 Å². The van der Waals surface area contributed by atoms with E-state index in [1.54, 1.807) is 6.20 Å². The summed E-state index contributed by atoms with van der Waals surface area (Å²) in [5.74, 6) is 1.92. The summed E-state index contributed by atoms with van der Waals surface area (Å²) in [6.45, 7) is 4.62. The van der Waals surface area contributed by atoms with Crippen molar-refractivity contribution in [2.24, 2.45) is 0 Å². The molecule has 0 spiro atoms. The molecular formula is C18H21N3O. The number of nitrogens with one attached hydrogen (secondary N) is 1.